The zero-order valence-electron chi connectivity index (χ0n) is 7.31. The van der Waals surface area contributed by atoms with Crippen LogP contribution in [0.3, 0.4) is 0 Å². The molecule has 0 atom stereocenters. The molecule has 2 aliphatic carbocycles. The summed E-state index contributed by atoms with van der Waals surface area (Å²) in [6, 6.07) is 0. The lowest BCUT2D eigenvalue weighted by atomic mass is 9.77. The van der Waals surface area contributed by atoms with E-state index in [9.17, 15) is 4.79 Å². The number of rotatable bonds is 0. The maximum absolute atomic E-state index is 11.2. The third-order valence-electron chi connectivity index (χ3n) is 4.46. The van der Waals surface area contributed by atoms with Gasteiger partial charge in [0.2, 0.25) is 5.91 Å². The summed E-state index contributed by atoms with van der Waals surface area (Å²) in [5.74, 6) is 2.05. The van der Waals surface area contributed by atoms with E-state index in [0.29, 0.717) is 11.3 Å². The average molecular weight is 165 g/mol. The highest BCUT2D eigenvalue weighted by Gasteiger charge is 2.57. The number of carbonyl (C=O) groups is 1. The van der Waals surface area contributed by atoms with Crippen molar-refractivity contribution in [2.45, 2.75) is 32.1 Å². The Morgan fingerprint density at radius 2 is 1.75 bits per heavy atom. The summed E-state index contributed by atoms with van der Waals surface area (Å²) in [7, 11) is 0. The summed E-state index contributed by atoms with van der Waals surface area (Å²) in [5, 5.41) is 3.01. The van der Waals surface area contributed by atoms with Crippen molar-refractivity contribution in [1.82, 2.24) is 5.32 Å². The monoisotopic (exact) mass is 165 g/mol. The van der Waals surface area contributed by atoms with Crippen LogP contribution in [0.2, 0.25) is 0 Å². The summed E-state index contributed by atoms with van der Waals surface area (Å²) in [6.07, 6.45) is 6.39. The molecule has 0 radical (unpaired) electrons. The fraction of sp³-hybridized carbons (Fsp3) is 0.900. The highest BCUT2D eigenvalue weighted by atomic mass is 16.1. The molecule has 1 heterocycles. The molecule has 3 aliphatic rings. The van der Waals surface area contributed by atoms with E-state index in [4.69, 9.17) is 0 Å². The predicted molar refractivity (Wildman–Crippen MR) is 45.5 cm³/mol. The van der Waals surface area contributed by atoms with Gasteiger partial charge in [-0.25, -0.2) is 0 Å². The Bertz CT molecular complexity index is 216. The van der Waals surface area contributed by atoms with Crippen LogP contribution >= 0.6 is 0 Å². The first kappa shape index (κ1) is 6.93. The fourth-order valence-corrected chi connectivity index (χ4v) is 3.84. The molecule has 0 aromatic heterocycles. The van der Waals surface area contributed by atoms with Gasteiger partial charge < -0.3 is 5.32 Å². The largest absolute Gasteiger partial charge is 0.355 e. The van der Waals surface area contributed by atoms with Gasteiger partial charge in [-0.15, -0.1) is 0 Å². The highest BCUT2D eigenvalue weighted by Crippen LogP contribution is 2.60. The number of carbonyl (C=O) groups excluding carboxylic acids is 1. The van der Waals surface area contributed by atoms with Crippen LogP contribution in [-0.4, -0.2) is 12.5 Å². The van der Waals surface area contributed by atoms with E-state index in [1.807, 2.05) is 0 Å². The first-order valence-electron chi connectivity index (χ1n) is 5.08. The lowest BCUT2D eigenvalue weighted by Gasteiger charge is -2.26. The van der Waals surface area contributed by atoms with E-state index in [-0.39, 0.29) is 0 Å². The van der Waals surface area contributed by atoms with Gasteiger partial charge in [0, 0.05) is 18.4 Å². The minimum absolute atomic E-state index is 0.300. The van der Waals surface area contributed by atoms with Crippen molar-refractivity contribution in [2.75, 3.05) is 6.54 Å². The van der Waals surface area contributed by atoms with E-state index in [1.54, 1.807) is 0 Å². The van der Waals surface area contributed by atoms with E-state index >= 15 is 0 Å². The molecule has 2 saturated carbocycles. The van der Waals surface area contributed by atoms with Gasteiger partial charge in [0.15, 0.2) is 0 Å². The number of hydrogen-bond acceptors (Lipinski definition) is 1. The highest BCUT2D eigenvalue weighted by molar-refractivity contribution is 5.79. The lowest BCUT2D eigenvalue weighted by molar-refractivity contribution is -0.119. The Balaban J connectivity index is 1.96. The zero-order valence-corrected chi connectivity index (χ0v) is 7.31. The minimum Gasteiger partial charge on any atom is -0.355 e. The van der Waals surface area contributed by atoms with Gasteiger partial charge in [-0.3, -0.25) is 4.79 Å². The van der Waals surface area contributed by atoms with Crippen molar-refractivity contribution in [2.24, 2.45) is 17.3 Å². The van der Waals surface area contributed by atoms with Gasteiger partial charge in [0.05, 0.1) is 0 Å². The Labute approximate surface area is 72.7 Å². The van der Waals surface area contributed by atoms with Gasteiger partial charge in [0.1, 0.15) is 0 Å². The summed E-state index contributed by atoms with van der Waals surface area (Å²) in [4.78, 5) is 11.2. The van der Waals surface area contributed by atoms with Crippen LogP contribution in [0.15, 0.2) is 0 Å². The Morgan fingerprint density at radius 3 is 2.17 bits per heavy atom. The van der Waals surface area contributed by atoms with E-state index < -0.39 is 0 Å². The van der Waals surface area contributed by atoms with E-state index in [1.165, 1.54) is 25.7 Å². The molecule has 3 fully saturated rings. The van der Waals surface area contributed by atoms with Gasteiger partial charge in [-0.1, -0.05) is 0 Å². The quantitative estimate of drug-likeness (QED) is 0.576. The summed E-state index contributed by atoms with van der Waals surface area (Å²) in [6.45, 7) is 0.987. The third kappa shape index (κ3) is 0.644. The van der Waals surface area contributed by atoms with E-state index in [2.05, 4.69) is 5.32 Å². The SMILES string of the molecule is O=C1CC2(CN1)C1CCC2CC1. The van der Waals surface area contributed by atoms with Crippen molar-refractivity contribution in [3.63, 3.8) is 0 Å². The Hall–Kier alpha value is -0.530. The van der Waals surface area contributed by atoms with Gasteiger partial charge in [-0.05, 0) is 37.5 Å². The molecular formula is C10H15NO. The van der Waals surface area contributed by atoms with Gasteiger partial charge in [-0.2, -0.15) is 0 Å². The lowest BCUT2D eigenvalue weighted by Crippen LogP contribution is -2.28. The first-order valence-corrected chi connectivity index (χ1v) is 5.08. The van der Waals surface area contributed by atoms with Crippen molar-refractivity contribution < 1.29 is 4.79 Å². The number of amides is 1. The molecule has 1 spiro atoms. The second-order valence-electron chi connectivity index (χ2n) is 4.74. The zero-order chi connectivity index (χ0) is 8.18. The average Bonchev–Trinajstić information content (AvgIpc) is 2.71. The van der Waals surface area contributed by atoms with Crippen LogP contribution < -0.4 is 5.32 Å². The first-order chi connectivity index (χ1) is 5.81. The topological polar surface area (TPSA) is 29.1 Å². The fourth-order valence-electron chi connectivity index (χ4n) is 3.84. The van der Waals surface area contributed by atoms with Crippen molar-refractivity contribution in [3.8, 4) is 0 Å². The van der Waals surface area contributed by atoms with Crippen molar-refractivity contribution >= 4 is 5.91 Å². The van der Waals surface area contributed by atoms with Crippen LogP contribution in [0.1, 0.15) is 32.1 Å². The molecule has 66 valence electrons. The van der Waals surface area contributed by atoms with Crippen molar-refractivity contribution in [1.29, 1.82) is 0 Å². The molecule has 1 saturated heterocycles. The number of nitrogens with one attached hydrogen (secondary N) is 1. The second kappa shape index (κ2) is 2.04. The van der Waals surface area contributed by atoms with Crippen molar-refractivity contribution in [3.05, 3.63) is 0 Å². The minimum atomic E-state index is 0.300. The molecule has 2 nitrogen and oxygen atoms in total. The summed E-state index contributed by atoms with van der Waals surface area (Å²) < 4.78 is 0. The molecule has 1 N–H and O–H groups in total. The molecule has 0 aromatic rings. The molecular weight excluding hydrogens is 150 g/mol. The second-order valence-corrected chi connectivity index (χ2v) is 4.74. The maximum atomic E-state index is 11.2. The molecule has 2 bridgehead atoms. The molecule has 0 unspecified atom stereocenters. The molecule has 1 aliphatic heterocycles. The van der Waals surface area contributed by atoms with Gasteiger partial charge in [0.25, 0.3) is 0 Å². The van der Waals surface area contributed by atoms with E-state index in [0.717, 1.165) is 24.8 Å². The molecule has 0 aromatic carbocycles. The van der Waals surface area contributed by atoms with Crippen LogP contribution in [0.25, 0.3) is 0 Å². The van der Waals surface area contributed by atoms with Crippen LogP contribution in [0, 0.1) is 17.3 Å². The molecule has 2 heteroatoms. The van der Waals surface area contributed by atoms with Gasteiger partial charge >= 0.3 is 0 Å². The Morgan fingerprint density at radius 1 is 1.17 bits per heavy atom. The standard InChI is InChI=1S/C10H15NO/c12-9-5-10(6-11-9)7-1-2-8(10)4-3-7/h7-8H,1-6H2,(H,11,12). The molecule has 12 heavy (non-hydrogen) atoms. The normalized spacial score (nSPS) is 50.5. The van der Waals surface area contributed by atoms with Crippen LogP contribution in [-0.2, 0) is 4.79 Å². The Kier molecular flexibility index (Phi) is 1.18. The molecule has 3 rings (SSSR count). The molecule has 1 amide bonds. The smallest absolute Gasteiger partial charge is 0.220 e. The summed E-state index contributed by atoms with van der Waals surface area (Å²) >= 11 is 0. The van der Waals surface area contributed by atoms with Crippen LogP contribution in [0.5, 0.6) is 0 Å². The maximum Gasteiger partial charge on any atom is 0.220 e. The van der Waals surface area contributed by atoms with Crippen LogP contribution in [0.4, 0.5) is 0 Å². The predicted octanol–water partition coefficient (Wildman–Crippen LogP) is 1.31. The number of hydrogen-bond donors (Lipinski definition) is 1. The third-order valence-corrected chi connectivity index (χ3v) is 4.46. The summed E-state index contributed by atoms with van der Waals surface area (Å²) in [5.41, 5.74) is 0.428.